The first kappa shape index (κ1) is 17.7. The number of carbonyl (C=O) groups excluding carboxylic acids is 1. The number of aromatic nitrogens is 4. The van der Waals surface area contributed by atoms with Crippen molar-refractivity contribution in [2.45, 2.75) is 6.92 Å². The fraction of sp³-hybridized carbons (Fsp3) is 0.263. The second-order valence-corrected chi connectivity index (χ2v) is 7.29. The molecule has 1 amide bonds. The summed E-state index contributed by atoms with van der Waals surface area (Å²) in [5.41, 5.74) is 1.89. The number of piperazine rings is 1. The Kier molecular flexibility index (Phi) is 4.89. The highest BCUT2D eigenvalue weighted by Gasteiger charge is 2.26. The van der Waals surface area contributed by atoms with Crippen LogP contribution in [-0.4, -0.2) is 57.0 Å². The normalized spacial score (nSPS) is 14.4. The minimum absolute atomic E-state index is 0.0712. The van der Waals surface area contributed by atoms with Crippen LogP contribution in [0.4, 0.5) is 5.82 Å². The molecule has 4 rings (SSSR count). The van der Waals surface area contributed by atoms with Gasteiger partial charge in [-0.2, -0.15) is 9.90 Å². The van der Waals surface area contributed by atoms with E-state index < -0.39 is 0 Å². The van der Waals surface area contributed by atoms with Crippen LogP contribution in [0.5, 0.6) is 0 Å². The highest BCUT2D eigenvalue weighted by atomic mass is 79.9. The molecule has 1 aromatic carbocycles. The third kappa shape index (κ3) is 3.71. The van der Waals surface area contributed by atoms with Gasteiger partial charge in [-0.25, -0.2) is 4.98 Å². The quantitative estimate of drug-likeness (QED) is 0.643. The van der Waals surface area contributed by atoms with Crippen molar-refractivity contribution in [2.75, 3.05) is 31.1 Å². The van der Waals surface area contributed by atoms with Crippen molar-refractivity contribution in [1.82, 2.24) is 24.9 Å². The average Bonchev–Trinajstić information content (AvgIpc) is 3.10. The van der Waals surface area contributed by atoms with Gasteiger partial charge in [0, 0.05) is 36.8 Å². The first-order chi connectivity index (χ1) is 13.1. The standard InChI is InChI=1S/C19H19BrN6O/c1-14-18(23-26(22-14)16-5-3-2-4-6-16)19(27)25-11-9-24(10-12-25)17-8-7-15(20)13-21-17/h2-8,13H,9-12H2,1H3. The lowest BCUT2D eigenvalue weighted by molar-refractivity contribution is 0.0739. The van der Waals surface area contributed by atoms with E-state index in [2.05, 4.69) is 36.0 Å². The molecular formula is C19H19BrN6O. The maximum Gasteiger partial charge on any atom is 0.276 e. The zero-order valence-corrected chi connectivity index (χ0v) is 16.5. The minimum Gasteiger partial charge on any atom is -0.353 e. The number of carbonyl (C=O) groups is 1. The lowest BCUT2D eigenvalue weighted by Crippen LogP contribution is -2.49. The Bertz CT molecular complexity index is 933. The Morgan fingerprint density at radius 3 is 2.41 bits per heavy atom. The van der Waals surface area contributed by atoms with Gasteiger partial charge in [0.25, 0.3) is 5.91 Å². The van der Waals surface area contributed by atoms with E-state index in [1.807, 2.05) is 54.3 Å². The molecule has 1 aliphatic rings. The predicted octanol–water partition coefficient (Wildman–Crippen LogP) is 2.70. The Labute approximate surface area is 165 Å². The van der Waals surface area contributed by atoms with Crippen LogP contribution in [0, 0.1) is 6.92 Å². The number of para-hydroxylation sites is 1. The minimum atomic E-state index is -0.0712. The van der Waals surface area contributed by atoms with Gasteiger partial charge in [0.1, 0.15) is 5.82 Å². The molecule has 0 unspecified atom stereocenters. The van der Waals surface area contributed by atoms with Gasteiger partial charge in [-0.3, -0.25) is 4.79 Å². The number of amides is 1. The molecule has 3 heterocycles. The molecular weight excluding hydrogens is 408 g/mol. The zero-order valence-electron chi connectivity index (χ0n) is 14.9. The second kappa shape index (κ2) is 7.48. The number of anilines is 1. The summed E-state index contributed by atoms with van der Waals surface area (Å²) in [7, 11) is 0. The fourth-order valence-corrected chi connectivity index (χ4v) is 3.33. The Balaban J connectivity index is 1.45. The van der Waals surface area contributed by atoms with Crippen LogP contribution in [0.15, 0.2) is 53.1 Å². The maximum absolute atomic E-state index is 12.9. The molecule has 1 aliphatic heterocycles. The van der Waals surface area contributed by atoms with Gasteiger partial charge in [0.05, 0.1) is 11.4 Å². The van der Waals surface area contributed by atoms with Gasteiger partial charge in [0.15, 0.2) is 5.69 Å². The Morgan fingerprint density at radius 1 is 1.00 bits per heavy atom. The van der Waals surface area contributed by atoms with Gasteiger partial charge in [-0.05, 0) is 47.1 Å². The van der Waals surface area contributed by atoms with E-state index in [4.69, 9.17) is 0 Å². The van der Waals surface area contributed by atoms with Crippen molar-refractivity contribution in [2.24, 2.45) is 0 Å². The molecule has 0 atom stereocenters. The summed E-state index contributed by atoms with van der Waals surface area (Å²) in [5, 5.41) is 8.83. The number of hydrogen-bond donors (Lipinski definition) is 0. The summed E-state index contributed by atoms with van der Waals surface area (Å²) in [5.74, 6) is 0.856. The van der Waals surface area contributed by atoms with E-state index in [1.165, 1.54) is 4.80 Å². The number of pyridine rings is 1. The molecule has 0 spiro atoms. The van der Waals surface area contributed by atoms with E-state index >= 15 is 0 Å². The molecule has 1 saturated heterocycles. The summed E-state index contributed by atoms with van der Waals surface area (Å²) in [4.78, 5) is 22.9. The van der Waals surface area contributed by atoms with Crippen LogP contribution < -0.4 is 4.90 Å². The van der Waals surface area contributed by atoms with E-state index in [-0.39, 0.29) is 5.91 Å². The van der Waals surface area contributed by atoms with Gasteiger partial charge in [-0.1, -0.05) is 18.2 Å². The van der Waals surface area contributed by atoms with Crippen molar-refractivity contribution in [3.63, 3.8) is 0 Å². The number of aryl methyl sites for hydroxylation is 1. The zero-order chi connectivity index (χ0) is 18.8. The average molecular weight is 427 g/mol. The van der Waals surface area contributed by atoms with Crippen molar-refractivity contribution in [3.8, 4) is 5.69 Å². The summed E-state index contributed by atoms with van der Waals surface area (Å²) in [6.07, 6.45) is 1.79. The Hall–Kier alpha value is -2.74. The van der Waals surface area contributed by atoms with E-state index in [0.29, 0.717) is 24.5 Å². The van der Waals surface area contributed by atoms with Crippen LogP contribution in [0.25, 0.3) is 5.69 Å². The lowest BCUT2D eigenvalue weighted by Gasteiger charge is -2.35. The van der Waals surface area contributed by atoms with Crippen molar-refractivity contribution < 1.29 is 4.79 Å². The molecule has 0 saturated carbocycles. The molecule has 138 valence electrons. The van der Waals surface area contributed by atoms with E-state index in [9.17, 15) is 4.79 Å². The summed E-state index contributed by atoms with van der Waals surface area (Å²) in [6, 6.07) is 13.6. The lowest BCUT2D eigenvalue weighted by atomic mass is 10.2. The molecule has 2 aromatic heterocycles. The van der Waals surface area contributed by atoms with Crippen LogP contribution >= 0.6 is 15.9 Å². The molecule has 0 N–H and O–H groups in total. The third-order valence-corrected chi connectivity index (χ3v) is 5.04. The van der Waals surface area contributed by atoms with Crippen LogP contribution in [0.2, 0.25) is 0 Å². The smallest absolute Gasteiger partial charge is 0.276 e. The number of rotatable bonds is 3. The number of nitrogens with zero attached hydrogens (tertiary/aromatic N) is 6. The molecule has 7 nitrogen and oxygen atoms in total. The topological polar surface area (TPSA) is 67.2 Å². The molecule has 0 bridgehead atoms. The fourth-order valence-electron chi connectivity index (χ4n) is 3.10. The number of benzene rings is 1. The Morgan fingerprint density at radius 2 is 1.74 bits per heavy atom. The summed E-state index contributed by atoms with van der Waals surface area (Å²) >= 11 is 3.40. The van der Waals surface area contributed by atoms with E-state index in [0.717, 1.165) is 29.1 Å². The monoisotopic (exact) mass is 426 g/mol. The second-order valence-electron chi connectivity index (χ2n) is 6.37. The SMILES string of the molecule is Cc1nn(-c2ccccc2)nc1C(=O)N1CCN(c2ccc(Br)cn2)CC1. The highest BCUT2D eigenvalue weighted by Crippen LogP contribution is 2.18. The van der Waals surface area contributed by atoms with Crippen molar-refractivity contribution in [3.05, 3.63) is 64.5 Å². The maximum atomic E-state index is 12.9. The van der Waals surface area contributed by atoms with Crippen LogP contribution in [0.1, 0.15) is 16.2 Å². The largest absolute Gasteiger partial charge is 0.353 e. The number of hydrogen-bond acceptors (Lipinski definition) is 5. The molecule has 27 heavy (non-hydrogen) atoms. The van der Waals surface area contributed by atoms with Gasteiger partial charge >= 0.3 is 0 Å². The molecule has 0 aliphatic carbocycles. The predicted molar refractivity (Wildman–Crippen MR) is 106 cm³/mol. The summed E-state index contributed by atoms with van der Waals surface area (Å²) < 4.78 is 0.956. The van der Waals surface area contributed by atoms with Crippen molar-refractivity contribution in [1.29, 1.82) is 0 Å². The molecule has 1 fully saturated rings. The molecule has 8 heteroatoms. The first-order valence-corrected chi connectivity index (χ1v) is 9.56. The van der Waals surface area contributed by atoms with Crippen LogP contribution in [0.3, 0.4) is 0 Å². The molecule has 3 aromatic rings. The first-order valence-electron chi connectivity index (χ1n) is 8.77. The highest BCUT2D eigenvalue weighted by molar-refractivity contribution is 9.10. The van der Waals surface area contributed by atoms with Gasteiger partial charge in [-0.15, -0.1) is 5.10 Å². The van der Waals surface area contributed by atoms with E-state index in [1.54, 1.807) is 6.20 Å². The van der Waals surface area contributed by atoms with Gasteiger partial charge in [0.2, 0.25) is 0 Å². The van der Waals surface area contributed by atoms with Crippen molar-refractivity contribution >= 4 is 27.7 Å². The third-order valence-electron chi connectivity index (χ3n) is 4.57. The molecule has 0 radical (unpaired) electrons. The summed E-state index contributed by atoms with van der Waals surface area (Å²) in [6.45, 7) is 4.57. The number of halogens is 1. The van der Waals surface area contributed by atoms with Crippen LogP contribution in [-0.2, 0) is 0 Å². The van der Waals surface area contributed by atoms with Gasteiger partial charge < -0.3 is 9.80 Å².